The van der Waals surface area contributed by atoms with Crippen LogP contribution < -0.4 is 5.32 Å². The molecule has 0 unspecified atom stereocenters. The van der Waals surface area contributed by atoms with Crippen molar-refractivity contribution in [2.24, 2.45) is 0 Å². The molecule has 0 aliphatic carbocycles. The van der Waals surface area contributed by atoms with Crippen LogP contribution in [0.2, 0.25) is 0 Å². The Kier molecular flexibility index (Phi) is 5.92. The number of amides is 1. The van der Waals surface area contributed by atoms with E-state index in [-0.39, 0.29) is 22.9 Å². The average molecular weight is 388 g/mol. The van der Waals surface area contributed by atoms with Crippen molar-refractivity contribution < 1.29 is 13.2 Å². The highest BCUT2D eigenvalue weighted by atomic mass is 32.2. The molecule has 0 radical (unpaired) electrons. The molecule has 1 aliphatic rings. The molecule has 2 heterocycles. The number of carbonyl (C=O) groups excluding carboxylic acids is 1. The van der Waals surface area contributed by atoms with Gasteiger partial charge in [0.05, 0.1) is 10.9 Å². The molecule has 7 heteroatoms. The van der Waals surface area contributed by atoms with Crippen molar-refractivity contribution in [2.75, 3.05) is 6.54 Å². The minimum absolute atomic E-state index is 0.00735. The number of nitrogens with zero attached hydrogens (tertiary/aromatic N) is 2. The van der Waals surface area contributed by atoms with Gasteiger partial charge in [-0.25, -0.2) is 8.42 Å². The normalized spacial score (nSPS) is 19.4. The van der Waals surface area contributed by atoms with Gasteiger partial charge in [-0.1, -0.05) is 6.42 Å². The second kappa shape index (κ2) is 8.19. The molecule has 0 bridgehead atoms. The van der Waals surface area contributed by atoms with Crippen LogP contribution in [0, 0.1) is 0 Å². The second-order valence-electron chi connectivity index (χ2n) is 6.96. The fourth-order valence-corrected chi connectivity index (χ4v) is 5.06. The third-order valence-corrected chi connectivity index (χ3v) is 7.05. The Labute approximate surface area is 160 Å². The van der Waals surface area contributed by atoms with Gasteiger partial charge in [0, 0.05) is 30.5 Å². The first-order valence-electron chi connectivity index (χ1n) is 9.22. The van der Waals surface area contributed by atoms with Crippen LogP contribution in [0.3, 0.4) is 0 Å². The molecule has 1 N–H and O–H groups in total. The average Bonchev–Trinajstić information content (AvgIpc) is 2.69. The summed E-state index contributed by atoms with van der Waals surface area (Å²) in [5.74, 6) is -0.241. The first kappa shape index (κ1) is 19.5. The summed E-state index contributed by atoms with van der Waals surface area (Å²) in [6.07, 6.45) is 6.18. The molecule has 1 amide bonds. The Morgan fingerprint density at radius 1 is 1.15 bits per heavy atom. The maximum atomic E-state index is 12.9. The lowest BCUT2D eigenvalue weighted by Gasteiger charge is -2.32. The predicted octanol–water partition coefficient (Wildman–Crippen LogP) is 3.14. The van der Waals surface area contributed by atoms with Crippen LogP contribution in [0.1, 0.15) is 55.1 Å². The van der Waals surface area contributed by atoms with Crippen LogP contribution >= 0.6 is 0 Å². The molecule has 1 saturated heterocycles. The summed E-state index contributed by atoms with van der Waals surface area (Å²) in [5.41, 5.74) is 1.39. The fraction of sp³-hybridized carbons (Fsp3) is 0.400. The summed E-state index contributed by atoms with van der Waals surface area (Å²) in [6, 6.07) is 9.70. The molecular weight excluding hydrogens is 362 g/mol. The monoisotopic (exact) mass is 387 g/mol. The van der Waals surface area contributed by atoms with E-state index in [1.165, 1.54) is 12.1 Å². The summed E-state index contributed by atoms with van der Waals surface area (Å²) in [7, 11) is -3.53. The van der Waals surface area contributed by atoms with Crippen LogP contribution in [0.5, 0.6) is 0 Å². The molecule has 1 fully saturated rings. The Bertz CT molecular complexity index is 882. The van der Waals surface area contributed by atoms with Gasteiger partial charge in [-0.05, 0) is 68.7 Å². The molecule has 2 aromatic rings. The van der Waals surface area contributed by atoms with Gasteiger partial charge < -0.3 is 5.32 Å². The van der Waals surface area contributed by atoms with Gasteiger partial charge in [0.15, 0.2) is 0 Å². The van der Waals surface area contributed by atoms with Crippen molar-refractivity contribution in [3.63, 3.8) is 0 Å². The van der Waals surface area contributed by atoms with Crippen LogP contribution in [-0.4, -0.2) is 36.2 Å². The number of sulfonamides is 1. The quantitative estimate of drug-likeness (QED) is 0.855. The number of aromatic nitrogens is 1. The van der Waals surface area contributed by atoms with Gasteiger partial charge in [0.25, 0.3) is 5.91 Å². The first-order chi connectivity index (χ1) is 12.9. The number of benzene rings is 1. The van der Waals surface area contributed by atoms with Gasteiger partial charge in [0.2, 0.25) is 10.0 Å². The van der Waals surface area contributed by atoms with E-state index in [4.69, 9.17) is 0 Å². The standard InChI is InChI=1S/C20H25N3O3S/c1-15-5-3-4-14-23(15)27(25,26)19-8-6-18(7-9-19)20(24)22-16(2)17-10-12-21-13-11-17/h6-13,15-16H,3-5,14H2,1-2H3,(H,22,24)/t15-,16+/m1/s1. The van der Waals surface area contributed by atoms with Crippen LogP contribution in [0.15, 0.2) is 53.7 Å². The predicted molar refractivity (Wildman–Crippen MR) is 104 cm³/mol. The Hall–Kier alpha value is -2.25. The summed E-state index contributed by atoms with van der Waals surface area (Å²) >= 11 is 0. The molecule has 1 aromatic heterocycles. The molecule has 3 rings (SSSR count). The third kappa shape index (κ3) is 4.36. The highest BCUT2D eigenvalue weighted by Gasteiger charge is 2.30. The van der Waals surface area contributed by atoms with Crippen molar-refractivity contribution >= 4 is 15.9 Å². The first-order valence-corrected chi connectivity index (χ1v) is 10.7. The maximum absolute atomic E-state index is 12.9. The summed E-state index contributed by atoms with van der Waals surface area (Å²) in [6.45, 7) is 4.39. The molecule has 1 aliphatic heterocycles. The van der Waals surface area contributed by atoms with Crippen molar-refractivity contribution in [1.29, 1.82) is 0 Å². The lowest BCUT2D eigenvalue weighted by atomic mass is 10.1. The van der Waals surface area contributed by atoms with Gasteiger partial charge in [-0.15, -0.1) is 0 Å². The van der Waals surface area contributed by atoms with Crippen LogP contribution in [0.25, 0.3) is 0 Å². The van der Waals surface area contributed by atoms with Crippen LogP contribution in [0.4, 0.5) is 0 Å². The minimum atomic E-state index is -3.53. The van der Waals surface area contributed by atoms with E-state index in [0.29, 0.717) is 12.1 Å². The smallest absolute Gasteiger partial charge is 0.251 e. The Morgan fingerprint density at radius 3 is 2.44 bits per heavy atom. The van der Waals surface area contributed by atoms with E-state index >= 15 is 0 Å². The van der Waals surface area contributed by atoms with Crippen molar-refractivity contribution in [3.8, 4) is 0 Å². The van der Waals surface area contributed by atoms with Gasteiger partial charge in [0.1, 0.15) is 0 Å². The number of pyridine rings is 1. The molecule has 0 saturated carbocycles. The van der Waals surface area contributed by atoms with E-state index in [2.05, 4.69) is 10.3 Å². The molecule has 1 aromatic carbocycles. The third-order valence-electron chi connectivity index (χ3n) is 5.02. The lowest BCUT2D eigenvalue weighted by molar-refractivity contribution is 0.0939. The van der Waals surface area contributed by atoms with Gasteiger partial charge in [-0.3, -0.25) is 9.78 Å². The summed E-state index contributed by atoms with van der Waals surface area (Å²) in [4.78, 5) is 16.7. The number of nitrogens with one attached hydrogen (secondary N) is 1. The summed E-state index contributed by atoms with van der Waals surface area (Å²) < 4.78 is 27.3. The van der Waals surface area contributed by atoms with Crippen molar-refractivity contribution in [1.82, 2.24) is 14.6 Å². The zero-order valence-electron chi connectivity index (χ0n) is 15.6. The van der Waals surface area contributed by atoms with Gasteiger partial charge >= 0.3 is 0 Å². The highest BCUT2D eigenvalue weighted by Crippen LogP contribution is 2.25. The molecule has 6 nitrogen and oxygen atoms in total. The number of piperidine rings is 1. The lowest BCUT2D eigenvalue weighted by Crippen LogP contribution is -2.41. The summed E-state index contributed by atoms with van der Waals surface area (Å²) in [5, 5.41) is 2.91. The number of hydrogen-bond acceptors (Lipinski definition) is 4. The van der Waals surface area contributed by atoms with Crippen molar-refractivity contribution in [3.05, 3.63) is 59.9 Å². The largest absolute Gasteiger partial charge is 0.346 e. The number of hydrogen-bond donors (Lipinski definition) is 1. The fourth-order valence-electron chi connectivity index (χ4n) is 3.36. The topological polar surface area (TPSA) is 79.4 Å². The van der Waals surface area contributed by atoms with E-state index < -0.39 is 10.0 Å². The zero-order valence-corrected chi connectivity index (χ0v) is 16.4. The van der Waals surface area contributed by atoms with Crippen LogP contribution in [-0.2, 0) is 10.0 Å². The highest BCUT2D eigenvalue weighted by molar-refractivity contribution is 7.89. The maximum Gasteiger partial charge on any atom is 0.251 e. The van der Waals surface area contributed by atoms with E-state index in [9.17, 15) is 13.2 Å². The van der Waals surface area contributed by atoms with Crippen molar-refractivity contribution in [2.45, 2.75) is 50.1 Å². The molecule has 0 spiro atoms. The second-order valence-corrected chi connectivity index (χ2v) is 8.85. The number of carbonyl (C=O) groups is 1. The molecular formula is C20H25N3O3S. The zero-order chi connectivity index (χ0) is 19.4. The van der Waals surface area contributed by atoms with E-state index in [1.54, 1.807) is 28.8 Å². The molecule has 27 heavy (non-hydrogen) atoms. The SMILES string of the molecule is C[C@H](NC(=O)c1ccc(S(=O)(=O)N2CCCC[C@H]2C)cc1)c1ccncc1. The Morgan fingerprint density at radius 2 is 1.81 bits per heavy atom. The number of rotatable bonds is 5. The van der Waals surface area contributed by atoms with E-state index in [0.717, 1.165) is 24.8 Å². The molecule has 2 atom stereocenters. The van der Waals surface area contributed by atoms with E-state index in [1.807, 2.05) is 26.0 Å². The Balaban J connectivity index is 1.72. The van der Waals surface area contributed by atoms with Gasteiger partial charge in [-0.2, -0.15) is 4.31 Å². The molecule has 144 valence electrons. The minimum Gasteiger partial charge on any atom is -0.346 e.